The van der Waals surface area contributed by atoms with Crippen molar-refractivity contribution in [3.8, 4) is 11.5 Å². The van der Waals surface area contributed by atoms with E-state index in [1.54, 1.807) is 18.4 Å². The van der Waals surface area contributed by atoms with Crippen LogP contribution in [0.1, 0.15) is 43.5 Å². The minimum atomic E-state index is -0.284. The van der Waals surface area contributed by atoms with Crippen molar-refractivity contribution in [1.82, 2.24) is 20.8 Å². The molecule has 0 aliphatic carbocycles. The third kappa shape index (κ3) is 6.78. The predicted molar refractivity (Wildman–Crippen MR) is 129 cm³/mol. The van der Waals surface area contributed by atoms with E-state index in [9.17, 15) is 4.39 Å². The summed E-state index contributed by atoms with van der Waals surface area (Å²) in [4.78, 5) is 9.16. The van der Waals surface area contributed by atoms with Crippen molar-refractivity contribution in [2.75, 3.05) is 13.1 Å². The largest absolute Gasteiger partial charge is 0.444 e. The molecule has 2 N–H and O–H groups in total. The van der Waals surface area contributed by atoms with Crippen molar-refractivity contribution < 1.29 is 13.3 Å². The maximum atomic E-state index is 13.1. The smallest absolute Gasteiger partial charge is 0.226 e. The molecule has 31 heavy (non-hydrogen) atoms. The molecule has 0 atom stereocenters. The number of hydrogen-bond donors (Lipinski definition) is 2. The molecule has 3 rings (SSSR count). The molecule has 0 saturated carbocycles. The molecule has 0 bridgehead atoms. The summed E-state index contributed by atoms with van der Waals surface area (Å²) < 4.78 is 24.0. The van der Waals surface area contributed by atoms with Crippen LogP contribution in [-0.2, 0) is 25.8 Å². The number of aromatic nitrogens is 2. The normalized spacial score (nSPS) is 11.3. The van der Waals surface area contributed by atoms with Gasteiger partial charge < -0.3 is 19.6 Å². The Labute approximate surface area is 198 Å². The van der Waals surface area contributed by atoms with E-state index in [1.165, 1.54) is 12.1 Å². The minimum Gasteiger partial charge on any atom is -0.444 e. The van der Waals surface area contributed by atoms with Gasteiger partial charge in [-0.15, -0.1) is 24.0 Å². The van der Waals surface area contributed by atoms with Crippen LogP contribution in [0.5, 0.6) is 0 Å². The summed E-state index contributed by atoms with van der Waals surface area (Å²) in [6, 6.07) is 6.09. The van der Waals surface area contributed by atoms with E-state index in [0.29, 0.717) is 25.4 Å². The lowest BCUT2D eigenvalue weighted by Crippen LogP contribution is -2.38. The van der Waals surface area contributed by atoms with Crippen LogP contribution in [0, 0.1) is 5.82 Å². The van der Waals surface area contributed by atoms with Crippen LogP contribution in [0.25, 0.3) is 11.5 Å². The predicted octanol–water partition coefficient (Wildman–Crippen LogP) is 4.51. The van der Waals surface area contributed by atoms with Crippen molar-refractivity contribution in [3.63, 3.8) is 0 Å². The Morgan fingerprint density at radius 1 is 1.10 bits per heavy atom. The maximum Gasteiger partial charge on any atom is 0.226 e. The van der Waals surface area contributed by atoms with Gasteiger partial charge in [0.05, 0.1) is 17.9 Å². The topological polar surface area (TPSA) is 88.5 Å². The molecule has 0 aliphatic heterocycles. The zero-order valence-electron chi connectivity index (χ0n) is 18.1. The molecule has 2 heterocycles. The van der Waals surface area contributed by atoms with Gasteiger partial charge in [-0.05, 0) is 37.6 Å². The van der Waals surface area contributed by atoms with Gasteiger partial charge in [0, 0.05) is 37.1 Å². The van der Waals surface area contributed by atoms with E-state index < -0.39 is 0 Å². The molecule has 0 saturated heterocycles. The summed E-state index contributed by atoms with van der Waals surface area (Å²) in [6.07, 6.45) is 3.91. The highest BCUT2D eigenvalue weighted by molar-refractivity contribution is 14.0. The molecule has 0 amide bonds. The lowest BCUT2D eigenvalue weighted by molar-refractivity contribution is 0.380. The van der Waals surface area contributed by atoms with Crippen molar-refractivity contribution in [3.05, 3.63) is 59.1 Å². The number of oxazole rings is 1. The second kappa shape index (κ2) is 12.4. The first-order valence-corrected chi connectivity index (χ1v) is 10.3. The SMILES string of the molecule is CCNC(=NCc1c(CC)noc1CC)NCCc1coc(-c2ccc(F)cc2)n1.I. The van der Waals surface area contributed by atoms with Gasteiger partial charge in [0.1, 0.15) is 17.8 Å². The highest BCUT2D eigenvalue weighted by Crippen LogP contribution is 2.19. The van der Waals surface area contributed by atoms with Crippen molar-refractivity contribution in [2.24, 2.45) is 4.99 Å². The van der Waals surface area contributed by atoms with Crippen molar-refractivity contribution >= 4 is 29.9 Å². The van der Waals surface area contributed by atoms with Crippen LogP contribution in [0.4, 0.5) is 4.39 Å². The van der Waals surface area contributed by atoms with Gasteiger partial charge in [0.2, 0.25) is 5.89 Å². The van der Waals surface area contributed by atoms with E-state index >= 15 is 0 Å². The number of aryl methyl sites for hydroxylation is 2. The van der Waals surface area contributed by atoms with Gasteiger partial charge in [-0.3, -0.25) is 0 Å². The lowest BCUT2D eigenvalue weighted by atomic mass is 10.1. The van der Waals surface area contributed by atoms with Crippen LogP contribution in [0.2, 0.25) is 0 Å². The average molecular weight is 541 g/mol. The molecule has 1 aromatic carbocycles. The number of halogens is 2. The van der Waals surface area contributed by atoms with Gasteiger partial charge in [-0.2, -0.15) is 0 Å². The Morgan fingerprint density at radius 2 is 1.87 bits per heavy atom. The summed E-state index contributed by atoms with van der Waals surface area (Å²) in [6.45, 7) is 8.06. The Kier molecular flexibility index (Phi) is 9.96. The van der Waals surface area contributed by atoms with Gasteiger partial charge in [0.25, 0.3) is 0 Å². The van der Waals surface area contributed by atoms with E-state index in [-0.39, 0.29) is 29.8 Å². The standard InChI is InChI=1S/C22H28FN5O2.HI/c1-4-19-18(20(5-2)30-28-19)13-26-22(24-6-3)25-12-11-17-14-29-21(27-17)15-7-9-16(23)10-8-15;/h7-10,14H,4-6,11-13H2,1-3H3,(H2,24,25,26);1H. The number of nitrogens with one attached hydrogen (secondary N) is 2. The van der Waals surface area contributed by atoms with Crippen LogP contribution in [-0.4, -0.2) is 29.2 Å². The molecule has 0 unspecified atom stereocenters. The molecule has 3 aromatic rings. The fourth-order valence-corrected chi connectivity index (χ4v) is 3.07. The Bertz CT molecular complexity index is 947. The Hall–Kier alpha value is -2.43. The molecule has 0 radical (unpaired) electrons. The molecular weight excluding hydrogens is 512 g/mol. The van der Waals surface area contributed by atoms with E-state index in [4.69, 9.17) is 8.94 Å². The highest BCUT2D eigenvalue weighted by atomic mass is 127. The summed E-state index contributed by atoms with van der Waals surface area (Å²) >= 11 is 0. The van der Waals surface area contributed by atoms with Crippen LogP contribution in [0.3, 0.4) is 0 Å². The van der Waals surface area contributed by atoms with Gasteiger partial charge >= 0.3 is 0 Å². The molecule has 2 aromatic heterocycles. The third-order valence-electron chi connectivity index (χ3n) is 4.66. The van der Waals surface area contributed by atoms with Gasteiger partial charge in [-0.1, -0.05) is 19.0 Å². The van der Waals surface area contributed by atoms with E-state index in [0.717, 1.165) is 53.6 Å². The molecule has 168 valence electrons. The Morgan fingerprint density at radius 3 is 2.55 bits per heavy atom. The highest BCUT2D eigenvalue weighted by Gasteiger charge is 2.13. The summed E-state index contributed by atoms with van der Waals surface area (Å²) in [7, 11) is 0. The monoisotopic (exact) mass is 541 g/mol. The van der Waals surface area contributed by atoms with Crippen LogP contribution in [0.15, 0.2) is 44.5 Å². The molecule has 9 heteroatoms. The molecule has 7 nitrogen and oxygen atoms in total. The fourth-order valence-electron chi connectivity index (χ4n) is 3.07. The number of hydrogen-bond acceptors (Lipinski definition) is 5. The van der Waals surface area contributed by atoms with Crippen LogP contribution < -0.4 is 10.6 Å². The number of guanidine groups is 1. The fraction of sp³-hybridized carbons (Fsp3) is 0.409. The van der Waals surface area contributed by atoms with Gasteiger partial charge in [-0.25, -0.2) is 14.4 Å². The summed E-state index contributed by atoms with van der Waals surface area (Å²) in [5.41, 5.74) is 3.59. The first-order valence-electron chi connectivity index (χ1n) is 10.3. The molecule has 0 aliphatic rings. The third-order valence-corrected chi connectivity index (χ3v) is 4.66. The number of aliphatic imine (C=N–C) groups is 1. The zero-order valence-corrected chi connectivity index (χ0v) is 20.4. The van der Waals surface area contributed by atoms with E-state index in [2.05, 4.69) is 39.6 Å². The average Bonchev–Trinajstić information content (AvgIpc) is 3.39. The molecular formula is C22H29FIN5O2. The number of rotatable bonds is 9. The van der Waals surface area contributed by atoms with Gasteiger partial charge in [0.15, 0.2) is 5.96 Å². The van der Waals surface area contributed by atoms with Crippen molar-refractivity contribution in [2.45, 2.75) is 46.6 Å². The Balaban J connectivity index is 0.00000341. The first kappa shape index (κ1) is 24.8. The molecule has 0 fully saturated rings. The number of nitrogens with zero attached hydrogens (tertiary/aromatic N) is 3. The van der Waals surface area contributed by atoms with E-state index in [1.807, 2.05) is 6.92 Å². The van der Waals surface area contributed by atoms with Crippen molar-refractivity contribution in [1.29, 1.82) is 0 Å². The molecule has 0 spiro atoms. The summed E-state index contributed by atoms with van der Waals surface area (Å²) in [5.74, 6) is 1.82. The minimum absolute atomic E-state index is 0. The van der Waals surface area contributed by atoms with Crippen LogP contribution >= 0.6 is 24.0 Å². The zero-order chi connectivity index (χ0) is 21.3. The second-order valence-corrected chi connectivity index (χ2v) is 6.76. The summed E-state index contributed by atoms with van der Waals surface area (Å²) in [5, 5.41) is 10.7. The second-order valence-electron chi connectivity index (χ2n) is 6.76. The first-order chi connectivity index (χ1) is 14.6. The maximum absolute atomic E-state index is 13.1. The number of benzene rings is 1. The quantitative estimate of drug-likeness (QED) is 0.236. The lowest BCUT2D eigenvalue weighted by Gasteiger charge is -2.10.